The van der Waals surface area contributed by atoms with E-state index in [0.29, 0.717) is 17.5 Å². The Kier molecular flexibility index (Phi) is 6.16. The monoisotopic (exact) mass is 497 g/mol. The third-order valence-corrected chi connectivity index (χ3v) is 7.08. The van der Waals surface area contributed by atoms with Crippen molar-refractivity contribution in [3.05, 3.63) is 99.0 Å². The van der Waals surface area contributed by atoms with Gasteiger partial charge in [0.2, 0.25) is 5.79 Å². The second kappa shape index (κ2) is 9.20. The maximum Gasteiger partial charge on any atom is 0.344 e. The van der Waals surface area contributed by atoms with E-state index in [-0.39, 0.29) is 5.56 Å². The van der Waals surface area contributed by atoms with Crippen molar-refractivity contribution in [3.63, 3.8) is 0 Å². The second-order valence-corrected chi connectivity index (χ2v) is 10.1. The second-order valence-electron chi connectivity index (χ2n) is 10.1. The van der Waals surface area contributed by atoms with Crippen LogP contribution in [0.4, 0.5) is 0 Å². The molecule has 0 amide bonds. The Morgan fingerprint density at radius 1 is 0.892 bits per heavy atom. The molecule has 5 rings (SSSR count). The van der Waals surface area contributed by atoms with Gasteiger partial charge in [0.05, 0.1) is 12.8 Å². The third-order valence-electron chi connectivity index (χ3n) is 7.08. The number of esters is 1. The van der Waals surface area contributed by atoms with Crippen molar-refractivity contribution in [1.29, 1.82) is 0 Å². The van der Waals surface area contributed by atoms with Crippen molar-refractivity contribution < 1.29 is 19.0 Å². The lowest BCUT2D eigenvalue weighted by molar-refractivity contribution is -0.161. The van der Waals surface area contributed by atoms with Gasteiger partial charge in [0.1, 0.15) is 5.75 Å². The zero-order valence-corrected chi connectivity index (χ0v) is 22.0. The number of cyclic esters (lactones) is 1. The lowest BCUT2D eigenvalue weighted by Gasteiger charge is -2.22. The van der Waals surface area contributed by atoms with Crippen LogP contribution in [0.5, 0.6) is 5.75 Å². The number of methoxy groups -OCH3 is 1. The van der Waals surface area contributed by atoms with Gasteiger partial charge in [0.15, 0.2) is 6.10 Å². The molecule has 3 aromatic carbocycles. The van der Waals surface area contributed by atoms with Gasteiger partial charge in [-0.1, -0.05) is 42.5 Å². The molecule has 1 saturated heterocycles. The summed E-state index contributed by atoms with van der Waals surface area (Å²) >= 11 is 0. The highest BCUT2D eigenvalue weighted by Crippen LogP contribution is 2.41. The van der Waals surface area contributed by atoms with Crippen molar-refractivity contribution >= 4 is 16.7 Å². The van der Waals surface area contributed by atoms with Crippen LogP contribution in [0.15, 0.2) is 65.5 Å². The average molecular weight is 498 g/mol. The van der Waals surface area contributed by atoms with Crippen LogP contribution in [0.1, 0.15) is 47.9 Å². The van der Waals surface area contributed by atoms with Gasteiger partial charge in [-0.15, -0.1) is 0 Å². The molecular formula is C31H31NO5. The van der Waals surface area contributed by atoms with E-state index in [1.54, 1.807) is 28.0 Å². The lowest BCUT2D eigenvalue weighted by Crippen LogP contribution is -2.26. The van der Waals surface area contributed by atoms with Gasteiger partial charge in [-0.25, -0.2) is 4.79 Å². The molecule has 1 unspecified atom stereocenters. The molecule has 0 aliphatic carbocycles. The Balaban J connectivity index is 1.72. The van der Waals surface area contributed by atoms with Crippen LogP contribution in [-0.4, -0.2) is 23.4 Å². The predicted molar refractivity (Wildman–Crippen MR) is 144 cm³/mol. The minimum atomic E-state index is -1.07. The Morgan fingerprint density at radius 2 is 1.59 bits per heavy atom. The summed E-state index contributed by atoms with van der Waals surface area (Å²) in [6.07, 6.45) is -0.330. The minimum Gasteiger partial charge on any atom is -0.497 e. The molecule has 0 saturated carbocycles. The molecule has 1 fully saturated rings. The Morgan fingerprint density at radius 3 is 2.22 bits per heavy atom. The molecule has 2 heterocycles. The number of nitrogens with zero attached hydrogens (tertiary/aromatic N) is 1. The summed E-state index contributed by atoms with van der Waals surface area (Å²) in [5.74, 6) is -0.770. The molecule has 37 heavy (non-hydrogen) atoms. The van der Waals surface area contributed by atoms with E-state index in [0.717, 1.165) is 39.0 Å². The summed E-state index contributed by atoms with van der Waals surface area (Å²) in [7, 11) is 3.34. The molecule has 1 aliphatic rings. The largest absolute Gasteiger partial charge is 0.497 e. The van der Waals surface area contributed by atoms with Crippen molar-refractivity contribution in [2.75, 3.05) is 7.11 Å². The number of fused-ring (bicyclic) bond motifs is 1. The number of rotatable bonds is 5. The Labute approximate surface area is 216 Å². The van der Waals surface area contributed by atoms with Crippen LogP contribution in [0, 0.1) is 13.8 Å². The van der Waals surface area contributed by atoms with E-state index in [9.17, 15) is 9.59 Å². The number of ether oxygens (including phenoxy) is 3. The Bertz CT molecular complexity index is 1580. The van der Waals surface area contributed by atoms with E-state index in [1.807, 2.05) is 48.5 Å². The first-order chi connectivity index (χ1) is 17.6. The van der Waals surface area contributed by atoms with Gasteiger partial charge in [-0.05, 0) is 71.7 Å². The van der Waals surface area contributed by atoms with Gasteiger partial charge in [-0.2, -0.15) is 0 Å². The van der Waals surface area contributed by atoms with E-state index < -0.39 is 17.9 Å². The molecule has 6 nitrogen and oxygen atoms in total. The molecular weight excluding hydrogens is 466 g/mol. The third kappa shape index (κ3) is 4.53. The highest BCUT2D eigenvalue weighted by Gasteiger charge is 2.44. The molecule has 0 N–H and O–H groups in total. The quantitative estimate of drug-likeness (QED) is 0.328. The molecule has 0 spiro atoms. The first-order valence-electron chi connectivity index (χ1n) is 12.3. The smallest absolute Gasteiger partial charge is 0.344 e. The fourth-order valence-corrected chi connectivity index (χ4v) is 5.00. The van der Waals surface area contributed by atoms with Crippen LogP contribution in [0.25, 0.3) is 21.9 Å². The standard InChI is InChI=1S/C31H31NO5/c1-18-7-11-22(15-19(18)2)26-24-14-10-21(16-20-8-12-23(35-6)13-9-20)17-25(24)29(33)32(5)27(26)28-30(34)37-31(3,4)36-28/h7-15,17,28H,16H2,1-6H3. The predicted octanol–water partition coefficient (Wildman–Crippen LogP) is 5.77. The number of carbonyl (C=O) groups excluding carboxylic acids is 1. The lowest BCUT2D eigenvalue weighted by atomic mass is 9.91. The van der Waals surface area contributed by atoms with Gasteiger partial charge < -0.3 is 18.8 Å². The number of hydrogen-bond acceptors (Lipinski definition) is 5. The molecule has 1 aliphatic heterocycles. The first kappa shape index (κ1) is 24.8. The number of aromatic nitrogens is 1. The normalized spacial score (nSPS) is 16.7. The van der Waals surface area contributed by atoms with Crippen LogP contribution < -0.4 is 10.3 Å². The van der Waals surface area contributed by atoms with E-state index >= 15 is 0 Å². The van der Waals surface area contributed by atoms with E-state index in [1.165, 1.54) is 10.1 Å². The molecule has 0 bridgehead atoms. The molecule has 190 valence electrons. The number of benzene rings is 3. The van der Waals surface area contributed by atoms with Crippen LogP contribution in [0.3, 0.4) is 0 Å². The molecule has 4 aromatic rings. The molecule has 1 atom stereocenters. The molecule has 6 heteroatoms. The number of hydrogen-bond donors (Lipinski definition) is 0. The zero-order chi connectivity index (χ0) is 26.5. The fraction of sp³-hybridized carbons (Fsp3) is 0.290. The van der Waals surface area contributed by atoms with Crippen LogP contribution in [-0.2, 0) is 27.7 Å². The van der Waals surface area contributed by atoms with Crippen molar-refractivity contribution in [2.24, 2.45) is 7.05 Å². The van der Waals surface area contributed by atoms with Crippen molar-refractivity contribution in [3.8, 4) is 16.9 Å². The van der Waals surface area contributed by atoms with Crippen LogP contribution in [0.2, 0.25) is 0 Å². The van der Waals surface area contributed by atoms with Crippen LogP contribution >= 0.6 is 0 Å². The average Bonchev–Trinajstić information content (AvgIpc) is 3.15. The highest BCUT2D eigenvalue weighted by atomic mass is 16.8. The maximum absolute atomic E-state index is 13.7. The summed E-state index contributed by atoms with van der Waals surface area (Å²) in [6.45, 7) is 7.51. The van der Waals surface area contributed by atoms with Gasteiger partial charge >= 0.3 is 5.97 Å². The Hall–Kier alpha value is -3.90. The van der Waals surface area contributed by atoms with E-state index in [2.05, 4.69) is 26.0 Å². The van der Waals surface area contributed by atoms with E-state index in [4.69, 9.17) is 14.2 Å². The first-order valence-corrected chi connectivity index (χ1v) is 12.3. The summed E-state index contributed by atoms with van der Waals surface area (Å²) in [5, 5.41) is 1.37. The fourth-order valence-electron chi connectivity index (χ4n) is 5.00. The van der Waals surface area contributed by atoms with Gasteiger partial charge in [0, 0.05) is 31.8 Å². The zero-order valence-electron chi connectivity index (χ0n) is 22.0. The molecule has 1 aromatic heterocycles. The number of pyridine rings is 1. The van der Waals surface area contributed by atoms with Crippen molar-refractivity contribution in [2.45, 2.75) is 46.0 Å². The highest BCUT2D eigenvalue weighted by molar-refractivity contribution is 5.99. The summed E-state index contributed by atoms with van der Waals surface area (Å²) in [5.41, 5.74) is 6.46. The van der Waals surface area contributed by atoms with Crippen molar-refractivity contribution in [1.82, 2.24) is 4.57 Å². The maximum atomic E-state index is 13.7. The van der Waals surface area contributed by atoms with Gasteiger partial charge in [0.25, 0.3) is 5.56 Å². The number of carbonyl (C=O) groups is 1. The summed E-state index contributed by atoms with van der Waals surface area (Å²) in [4.78, 5) is 26.6. The SMILES string of the molecule is COc1ccc(Cc2ccc3c(-c4ccc(C)c(C)c4)c(C4OC(C)(C)OC4=O)n(C)c(=O)c3c2)cc1. The number of aryl methyl sites for hydroxylation is 2. The molecule has 0 radical (unpaired) electrons. The minimum absolute atomic E-state index is 0.185. The summed E-state index contributed by atoms with van der Waals surface area (Å²) < 4.78 is 18.3. The summed E-state index contributed by atoms with van der Waals surface area (Å²) in [6, 6.07) is 20.1. The van der Waals surface area contributed by atoms with Gasteiger partial charge in [-0.3, -0.25) is 4.79 Å². The topological polar surface area (TPSA) is 66.8 Å².